The van der Waals surface area contributed by atoms with E-state index in [0.717, 1.165) is 31.9 Å². The van der Waals surface area contributed by atoms with E-state index in [4.69, 9.17) is 23.2 Å². The number of anilines is 2. The molecule has 0 radical (unpaired) electrons. The molecule has 0 aliphatic carbocycles. The second-order valence-corrected chi connectivity index (χ2v) is 6.85. The van der Waals surface area contributed by atoms with E-state index in [-0.39, 0.29) is 11.6 Å². The smallest absolute Gasteiger partial charge is 0.279 e. The standard InChI is InChI=1S/C18H18Cl2FN3O/c19-14-6-5-13(11-15(14)20)24-9-7-23(8-10-24)12-18(25)22-17-4-2-1-3-16(17)21/h1-6,11H,7-10,12H2,(H,22,25)/p+1. The first-order valence-corrected chi connectivity index (χ1v) is 8.86. The molecule has 2 aromatic rings. The van der Waals surface area contributed by atoms with Crippen LogP contribution in [-0.2, 0) is 4.79 Å². The van der Waals surface area contributed by atoms with Gasteiger partial charge in [0.05, 0.1) is 41.9 Å². The van der Waals surface area contributed by atoms with Gasteiger partial charge >= 0.3 is 0 Å². The minimum absolute atomic E-state index is 0.178. The molecular formula is C18H19Cl2FN3O+. The summed E-state index contributed by atoms with van der Waals surface area (Å²) in [6, 6.07) is 11.8. The molecule has 1 heterocycles. The molecule has 2 N–H and O–H groups in total. The molecule has 0 atom stereocenters. The van der Waals surface area contributed by atoms with Crippen molar-refractivity contribution < 1.29 is 14.1 Å². The minimum atomic E-state index is -0.421. The number of carbonyl (C=O) groups excluding carboxylic acids is 1. The summed E-state index contributed by atoms with van der Waals surface area (Å²) in [6.45, 7) is 3.61. The zero-order valence-electron chi connectivity index (χ0n) is 13.6. The van der Waals surface area contributed by atoms with Gasteiger partial charge in [0, 0.05) is 5.69 Å². The monoisotopic (exact) mass is 382 g/mol. The van der Waals surface area contributed by atoms with E-state index < -0.39 is 5.82 Å². The molecular weight excluding hydrogens is 364 g/mol. The zero-order chi connectivity index (χ0) is 17.8. The second kappa shape index (κ2) is 8.04. The number of benzene rings is 2. The highest BCUT2D eigenvalue weighted by Gasteiger charge is 2.23. The average Bonchev–Trinajstić information content (AvgIpc) is 2.60. The lowest BCUT2D eigenvalue weighted by Gasteiger charge is -2.33. The molecule has 132 valence electrons. The first kappa shape index (κ1) is 18.0. The lowest BCUT2D eigenvalue weighted by molar-refractivity contribution is -0.892. The Morgan fingerprint density at radius 1 is 1.12 bits per heavy atom. The molecule has 7 heteroatoms. The van der Waals surface area contributed by atoms with Gasteiger partial charge in [0.15, 0.2) is 6.54 Å². The van der Waals surface area contributed by atoms with E-state index in [1.165, 1.54) is 11.0 Å². The van der Waals surface area contributed by atoms with Crippen LogP contribution < -0.4 is 15.1 Å². The normalized spacial score (nSPS) is 15.2. The topological polar surface area (TPSA) is 36.8 Å². The minimum Gasteiger partial charge on any atom is -0.360 e. The SMILES string of the molecule is O=C(C[NH+]1CCN(c2ccc(Cl)c(Cl)c2)CC1)Nc1ccccc1F. The van der Waals surface area contributed by atoms with Crippen LogP contribution in [0.2, 0.25) is 10.0 Å². The number of para-hydroxylation sites is 1. The molecule has 1 aliphatic rings. The Bertz CT molecular complexity index is 764. The second-order valence-electron chi connectivity index (χ2n) is 6.04. The predicted molar refractivity (Wildman–Crippen MR) is 99.3 cm³/mol. The lowest BCUT2D eigenvalue weighted by Crippen LogP contribution is -3.15. The zero-order valence-corrected chi connectivity index (χ0v) is 15.1. The highest BCUT2D eigenvalue weighted by molar-refractivity contribution is 6.42. The van der Waals surface area contributed by atoms with Crippen molar-refractivity contribution in [2.75, 3.05) is 42.9 Å². The number of carbonyl (C=O) groups is 1. The summed E-state index contributed by atoms with van der Waals surface area (Å²) in [6.07, 6.45) is 0. The number of nitrogens with one attached hydrogen (secondary N) is 2. The first-order valence-electron chi connectivity index (χ1n) is 8.11. The molecule has 0 unspecified atom stereocenters. The van der Waals surface area contributed by atoms with Gasteiger partial charge in [0.25, 0.3) is 5.91 Å². The van der Waals surface area contributed by atoms with Gasteiger partial charge in [-0.3, -0.25) is 4.79 Å². The van der Waals surface area contributed by atoms with Crippen LogP contribution >= 0.6 is 23.2 Å². The number of piperazine rings is 1. The van der Waals surface area contributed by atoms with Gasteiger partial charge in [-0.15, -0.1) is 0 Å². The van der Waals surface area contributed by atoms with E-state index in [0.29, 0.717) is 16.6 Å². The van der Waals surface area contributed by atoms with Crippen LogP contribution in [0.4, 0.5) is 15.8 Å². The lowest BCUT2D eigenvalue weighted by atomic mass is 10.2. The summed E-state index contributed by atoms with van der Waals surface area (Å²) in [5.74, 6) is -0.599. The molecule has 0 spiro atoms. The van der Waals surface area contributed by atoms with Gasteiger partial charge in [-0.05, 0) is 30.3 Å². The predicted octanol–water partition coefficient (Wildman–Crippen LogP) is 2.48. The molecule has 0 aromatic heterocycles. The van der Waals surface area contributed by atoms with Crippen molar-refractivity contribution in [3.8, 4) is 0 Å². The van der Waals surface area contributed by atoms with Crippen LogP contribution in [0.5, 0.6) is 0 Å². The fourth-order valence-electron chi connectivity index (χ4n) is 2.92. The van der Waals surface area contributed by atoms with Crippen LogP contribution in [0.1, 0.15) is 0 Å². The summed E-state index contributed by atoms with van der Waals surface area (Å²) >= 11 is 12.0. The fraction of sp³-hybridized carbons (Fsp3) is 0.278. The average molecular weight is 383 g/mol. The van der Waals surface area contributed by atoms with Crippen LogP contribution in [0, 0.1) is 5.82 Å². The largest absolute Gasteiger partial charge is 0.360 e. The summed E-state index contributed by atoms with van der Waals surface area (Å²) < 4.78 is 13.6. The Morgan fingerprint density at radius 3 is 2.52 bits per heavy atom. The quantitative estimate of drug-likeness (QED) is 0.851. The van der Waals surface area contributed by atoms with Gasteiger partial charge < -0.3 is 15.1 Å². The molecule has 3 rings (SSSR count). The molecule has 0 bridgehead atoms. The number of hydrogen-bond donors (Lipinski definition) is 2. The molecule has 1 fully saturated rings. The fourth-order valence-corrected chi connectivity index (χ4v) is 3.22. The van der Waals surface area contributed by atoms with Crippen molar-refractivity contribution in [1.29, 1.82) is 0 Å². The molecule has 1 aliphatic heterocycles. The number of halogens is 3. The summed E-state index contributed by atoms with van der Waals surface area (Å²) in [4.78, 5) is 15.5. The van der Waals surface area contributed by atoms with Gasteiger partial charge in [0.2, 0.25) is 0 Å². The third-order valence-electron chi connectivity index (χ3n) is 4.30. The summed E-state index contributed by atoms with van der Waals surface area (Å²) in [5, 5.41) is 3.71. The van der Waals surface area contributed by atoms with Gasteiger partial charge in [0.1, 0.15) is 5.82 Å². The molecule has 25 heavy (non-hydrogen) atoms. The van der Waals surface area contributed by atoms with Gasteiger partial charge in [-0.2, -0.15) is 0 Å². The van der Waals surface area contributed by atoms with Crippen LogP contribution in [0.3, 0.4) is 0 Å². The Balaban J connectivity index is 1.51. The van der Waals surface area contributed by atoms with Gasteiger partial charge in [-0.1, -0.05) is 35.3 Å². The van der Waals surface area contributed by atoms with Crippen molar-refractivity contribution in [1.82, 2.24) is 0 Å². The van der Waals surface area contributed by atoms with Crippen LogP contribution in [-0.4, -0.2) is 38.6 Å². The maximum absolute atomic E-state index is 13.6. The number of amides is 1. The molecule has 4 nitrogen and oxygen atoms in total. The van der Waals surface area contributed by atoms with Crippen molar-refractivity contribution in [2.24, 2.45) is 0 Å². The van der Waals surface area contributed by atoms with Gasteiger partial charge in [-0.25, -0.2) is 4.39 Å². The van der Waals surface area contributed by atoms with Crippen LogP contribution in [0.25, 0.3) is 0 Å². The Kier molecular flexibility index (Phi) is 5.78. The third-order valence-corrected chi connectivity index (χ3v) is 5.04. The highest BCUT2D eigenvalue weighted by atomic mass is 35.5. The van der Waals surface area contributed by atoms with E-state index in [9.17, 15) is 9.18 Å². The van der Waals surface area contributed by atoms with E-state index in [1.54, 1.807) is 24.3 Å². The van der Waals surface area contributed by atoms with Crippen molar-refractivity contribution >= 4 is 40.5 Å². The number of hydrogen-bond acceptors (Lipinski definition) is 2. The summed E-state index contributed by atoms with van der Waals surface area (Å²) in [7, 11) is 0. The number of nitrogens with zero attached hydrogens (tertiary/aromatic N) is 1. The maximum atomic E-state index is 13.6. The highest BCUT2D eigenvalue weighted by Crippen LogP contribution is 2.27. The van der Waals surface area contributed by atoms with Crippen molar-refractivity contribution in [3.63, 3.8) is 0 Å². The van der Waals surface area contributed by atoms with Crippen molar-refractivity contribution in [2.45, 2.75) is 0 Å². The molecule has 1 saturated heterocycles. The number of rotatable bonds is 4. The first-order chi connectivity index (χ1) is 12.0. The Morgan fingerprint density at radius 2 is 1.84 bits per heavy atom. The molecule has 1 amide bonds. The molecule has 0 saturated carbocycles. The van der Waals surface area contributed by atoms with Crippen molar-refractivity contribution in [3.05, 3.63) is 58.3 Å². The maximum Gasteiger partial charge on any atom is 0.279 e. The summed E-state index contributed by atoms with van der Waals surface area (Å²) in [5.41, 5.74) is 1.26. The third kappa shape index (κ3) is 4.63. The Labute approximate surface area is 156 Å². The van der Waals surface area contributed by atoms with E-state index in [2.05, 4.69) is 10.2 Å². The molecule has 2 aromatic carbocycles. The number of quaternary nitrogens is 1. The van der Waals surface area contributed by atoms with E-state index in [1.807, 2.05) is 12.1 Å². The Hall–Kier alpha value is -1.82. The van der Waals surface area contributed by atoms with Crippen LogP contribution in [0.15, 0.2) is 42.5 Å². The van der Waals surface area contributed by atoms with E-state index >= 15 is 0 Å².